The van der Waals surface area contributed by atoms with E-state index in [9.17, 15) is 8.42 Å². The van der Waals surface area contributed by atoms with E-state index in [1.165, 1.54) is 11.8 Å². The summed E-state index contributed by atoms with van der Waals surface area (Å²) in [5.41, 5.74) is 13.1. The summed E-state index contributed by atoms with van der Waals surface area (Å²) in [4.78, 5) is 4.97. The zero-order chi connectivity index (χ0) is 22.9. The monoisotopic (exact) mass is 444 g/mol. The molecule has 4 aromatic rings. The van der Waals surface area contributed by atoms with Gasteiger partial charge >= 0.3 is 0 Å². The molecule has 4 nitrogen and oxygen atoms in total. The molecule has 3 aromatic carbocycles. The molecule has 2 N–H and O–H groups in total. The van der Waals surface area contributed by atoms with E-state index < -0.39 is 9.84 Å². The highest BCUT2D eigenvalue weighted by Gasteiger charge is 2.13. The van der Waals surface area contributed by atoms with Crippen molar-refractivity contribution in [2.45, 2.75) is 37.1 Å². The number of fused-ring (bicyclic) bond motifs is 1. The molecule has 1 unspecified atom stereocenters. The Kier molecular flexibility index (Phi) is 6.13. The summed E-state index contributed by atoms with van der Waals surface area (Å²) >= 11 is 0. The van der Waals surface area contributed by atoms with Crippen LogP contribution in [0.3, 0.4) is 0 Å². The number of aromatic nitrogens is 1. The van der Waals surface area contributed by atoms with E-state index in [0.717, 1.165) is 33.2 Å². The van der Waals surface area contributed by atoms with E-state index in [1.807, 2.05) is 36.5 Å². The third-order valence-corrected chi connectivity index (χ3v) is 6.96. The standard InChI is InChI=1S/C27H28N2O2S/c1-18(2)23-16-22-8-5-13-29-27(22)25(17-23)20-6-4-7-21(15-20)26(28)14-19-9-11-24(12-10-19)32(3,30)31/h4-13,15-18,26H,14,28H2,1-3H3. The van der Waals surface area contributed by atoms with Crippen molar-refractivity contribution >= 4 is 20.7 Å². The molecule has 32 heavy (non-hydrogen) atoms. The van der Waals surface area contributed by atoms with Gasteiger partial charge in [-0.3, -0.25) is 4.98 Å². The normalized spacial score (nSPS) is 12.9. The Morgan fingerprint density at radius 2 is 1.66 bits per heavy atom. The van der Waals surface area contributed by atoms with Crippen LogP contribution in [0.15, 0.2) is 83.9 Å². The second-order valence-corrected chi connectivity index (χ2v) is 10.7. The molecular weight excluding hydrogens is 416 g/mol. The van der Waals surface area contributed by atoms with E-state index in [-0.39, 0.29) is 6.04 Å². The van der Waals surface area contributed by atoms with E-state index in [4.69, 9.17) is 5.73 Å². The van der Waals surface area contributed by atoms with E-state index >= 15 is 0 Å². The summed E-state index contributed by atoms with van der Waals surface area (Å²) in [6, 6.07) is 23.6. The molecule has 0 saturated carbocycles. The highest BCUT2D eigenvalue weighted by Crippen LogP contribution is 2.32. The quantitative estimate of drug-likeness (QED) is 0.416. The van der Waals surface area contributed by atoms with Crippen LogP contribution in [0.5, 0.6) is 0 Å². The van der Waals surface area contributed by atoms with Gasteiger partial charge in [0, 0.05) is 29.4 Å². The van der Waals surface area contributed by atoms with Gasteiger partial charge in [-0.1, -0.05) is 50.2 Å². The van der Waals surface area contributed by atoms with E-state index in [1.54, 1.807) is 12.1 Å². The molecule has 0 saturated heterocycles. The molecule has 164 valence electrons. The Bertz CT molecular complexity index is 1360. The first kappa shape index (κ1) is 22.2. The molecule has 5 heteroatoms. The lowest BCUT2D eigenvalue weighted by Gasteiger charge is -2.16. The van der Waals surface area contributed by atoms with Gasteiger partial charge in [0.15, 0.2) is 9.84 Å². The van der Waals surface area contributed by atoms with Gasteiger partial charge in [0.2, 0.25) is 0 Å². The maximum Gasteiger partial charge on any atom is 0.175 e. The Hall–Kier alpha value is -3.02. The number of nitrogens with zero attached hydrogens (tertiary/aromatic N) is 1. The van der Waals surface area contributed by atoms with Crippen LogP contribution in [0.25, 0.3) is 22.0 Å². The fourth-order valence-electron chi connectivity index (χ4n) is 3.95. The second kappa shape index (κ2) is 8.85. The molecule has 0 amide bonds. The van der Waals surface area contributed by atoms with Crippen molar-refractivity contribution in [3.63, 3.8) is 0 Å². The zero-order valence-corrected chi connectivity index (χ0v) is 19.4. The molecule has 0 aliphatic carbocycles. The van der Waals surface area contributed by atoms with E-state index in [0.29, 0.717) is 17.2 Å². The summed E-state index contributed by atoms with van der Waals surface area (Å²) in [5.74, 6) is 0.415. The number of hydrogen-bond donors (Lipinski definition) is 1. The summed E-state index contributed by atoms with van der Waals surface area (Å²) in [6.45, 7) is 4.39. The summed E-state index contributed by atoms with van der Waals surface area (Å²) in [5, 5.41) is 1.13. The van der Waals surface area contributed by atoms with Crippen molar-refractivity contribution in [2.75, 3.05) is 6.26 Å². The minimum atomic E-state index is -3.20. The fraction of sp³-hybridized carbons (Fsp3) is 0.222. The highest BCUT2D eigenvalue weighted by atomic mass is 32.2. The lowest BCUT2D eigenvalue weighted by Crippen LogP contribution is -2.13. The molecule has 0 fully saturated rings. The average molecular weight is 445 g/mol. The lowest BCUT2D eigenvalue weighted by atomic mass is 9.92. The Labute approximate surface area is 190 Å². The highest BCUT2D eigenvalue weighted by molar-refractivity contribution is 7.90. The van der Waals surface area contributed by atoms with Crippen molar-refractivity contribution in [2.24, 2.45) is 5.73 Å². The first-order valence-corrected chi connectivity index (χ1v) is 12.6. The fourth-order valence-corrected chi connectivity index (χ4v) is 4.58. The van der Waals surface area contributed by atoms with Crippen LogP contribution in [-0.4, -0.2) is 19.7 Å². The average Bonchev–Trinajstić information content (AvgIpc) is 2.78. The molecule has 1 atom stereocenters. The number of sulfone groups is 1. The number of pyridine rings is 1. The number of hydrogen-bond acceptors (Lipinski definition) is 4. The molecule has 0 bridgehead atoms. The molecule has 0 aliphatic heterocycles. The molecule has 1 heterocycles. The summed E-state index contributed by atoms with van der Waals surface area (Å²) in [7, 11) is -3.20. The van der Waals surface area contributed by atoms with Crippen LogP contribution in [0.1, 0.15) is 42.5 Å². The van der Waals surface area contributed by atoms with Crippen molar-refractivity contribution in [1.82, 2.24) is 4.98 Å². The Morgan fingerprint density at radius 1 is 0.906 bits per heavy atom. The van der Waals surface area contributed by atoms with Gasteiger partial charge in [0.05, 0.1) is 10.4 Å². The van der Waals surface area contributed by atoms with Gasteiger partial charge in [0.25, 0.3) is 0 Å². The summed E-state index contributed by atoms with van der Waals surface area (Å²) in [6.07, 6.45) is 3.67. The predicted molar refractivity (Wildman–Crippen MR) is 131 cm³/mol. The number of benzene rings is 3. The van der Waals surface area contributed by atoms with Crippen molar-refractivity contribution in [1.29, 1.82) is 0 Å². The molecule has 4 rings (SSSR count). The maximum atomic E-state index is 11.7. The van der Waals surface area contributed by atoms with Gasteiger partial charge < -0.3 is 5.73 Å². The van der Waals surface area contributed by atoms with Crippen LogP contribution in [0, 0.1) is 0 Å². The minimum Gasteiger partial charge on any atom is -0.324 e. The van der Waals surface area contributed by atoms with Crippen molar-refractivity contribution < 1.29 is 8.42 Å². The lowest BCUT2D eigenvalue weighted by molar-refractivity contribution is 0.602. The minimum absolute atomic E-state index is 0.202. The van der Waals surface area contributed by atoms with Gasteiger partial charge in [-0.2, -0.15) is 0 Å². The second-order valence-electron chi connectivity index (χ2n) is 8.65. The number of rotatable bonds is 6. The van der Waals surface area contributed by atoms with Gasteiger partial charge in [-0.15, -0.1) is 0 Å². The van der Waals surface area contributed by atoms with Crippen molar-refractivity contribution in [3.8, 4) is 11.1 Å². The van der Waals surface area contributed by atoms with Crippen LogP contribution in [-0.2, 0) is 16.3 Å². The molecular formula is C27H28N2O2S. The number of nitrogens with two attached hydrogens (primary N) is 1. The molecule has 0 spiro atoms. The molecule has 0 aliphatic rings. The first-order valence-electron chi connectivity index (χ1n) is 10.8. The zero-order valence-electron chi connectivity index (χ0n) is 18.6. The van der Waals surface area contributed by atoms with Gasteiger partial charge in [-0.25, -0.2) is 8.42 Å². The van der Waals surface area contributed by atoms with Gasteiger partial charge in [-0.05, 0) is 71.0 Å². The van der Waals surface area contributed by atoms with Crippen LogP contribution in [0.4, 0.5) is 0 Å². The maximum absolute atomic E-state index is 11.7. The largest absolute Gasteiger partial charge is 0.324 e. The van der Waals surface area contributed by atoms with Crippen LogP contribution < -0.4 is 5.73 Å². The summed E-state index contributed by atoms with van der Waals surface area (Å²) < 4.78 is 23.4. The van der Waals surface area contributed by atoms with Crippen LogP contribution >= 0.6 is 0 Å². The van der Waals surface area contributed by atoms with Gasteiger partial charge in [0.1, 0.15) is 0 Å². The SMILES string of the molecule is CC(C)c1cc(-c2cccc(C(N)Cc3ccc(S(C)(=O)=O)cc3)c2)c2ncccc2c1. The topological polar surface area (TPSA) is 73.1 Å². The molecule has 1 aromatic heterocycles. The molecule has 0 radical (unpaired) electrons. The van der Waals surface area contributed by atoms with E-state index in [2.05, 4.69) is 49.2 Å². The Morgan fingerprint density at radius 3 is 2.34 bits per heavy atom. The first-order chi connectivity index (χ1) is 15.2. The smallest absolute Gasteiger partial charge is 0.175 e. The van der Waals surface area contributed by atoms with Crippen LogP contribution in [0.2, 0.25) is 0 Å². The third-order valence-electron chi connectivity index (χ3n) is 5.83. The van der Waals surface area contributed by atoms with Crippen molar-refractivity contribution in [3.05, 3.63) is 95.7 Å². The predicted octanol–water partition coefficient (Wildman–Crippen LogP) is 5.67. The third kappa shape index (κ3) is 4.74. The Balaban J connectivity index is 1.67.